The molecule has 0 N–H and O–H groups in total. The van der Waals surface area contributed by atoms with E-state index in [2.05, 4.69) is 8.37 Å². The molecule has 7 nitrogen and oxygen atoms in total. The third kappa shape index (κ3) is 2.86. The molecular weight excluding hydrogens is 264 g/mol. The lowest BCUT2D eigenvalue weighted by Crippen LogP contribution is -2.13. The number of carbonyl (C=O) groups excluding carboxylic acids is 2. The van der Waals surface area contributed by atoms with Crippen LogP contribution >= 0.6 is 0 Å². The van der Waals surface area contributed by atoms with E-state index < -0.39 is 23.3 Å². The highest BCUT2D eigenvalue weighted by Gasteiger charge is 2.20. The summed E-state index contributed by atoms with van der Waals surface area (Å²) in [6, 6.07) is 5.53. The maximum Gasteiger partial charge on any atom is 0.423 e. The minimum atomic E-state index is -2.57. The van der Waals surface area contributed by atoms with E-state index in [9.17, 15) is 13.8 Å². The highest BCUT2D eigenvalue weighted by Crippen LogP contribution is 2.07. The molecule has 0 unspecified atom stereocenters. The minimum Gasteiger partial charge on any atom is -0.457 e. The quantitative estimate of drug-likeness (QED) is 0.829. The Balaban J connectivity index is 1.90. The lowest BCUT2D eigenvalue weighted by Gasteiger charge is -2.00. The number of carbonyl (C=O) groups is 2. The van der Waals surface area contributed by atoms with Crippen LogP contribution in [0.4, 0.5) is 0 Å². The van der Waals surface area contributed by atoms with Crippen LogP contribution in [-0.4, -0.2) is 16.1 Å². The first-order valence-corrected chi connectivity index (χ1v) is 5.61. The van der Waals surface area contributed by atoms with Crippen molar-refractivity contribution in [1.29, 1.82) is 0 Å². The summed E-state index contributed by atoms with van der Waals surface area (Å²) >= 11 is -2.57. The van der Waals surface area contributed by atoms with Gasteiger partial charge in [-0.25, -0.2) is 9.59 Å². The van der Waals surface area contributed by atoms with E-state index in [-0.39, 0.29) is 11.5 Å². The molecule has 2 aromatic heterocycles. The molecule has 0 saturated carbocycles. The van der Waals surface area contributed by atoms with Crippen molar-refractivity contribution in [3.63, 3.8) is 0 Å². The van der Waals surface area contributed by atoms with Gasteiger partial charge in [0.2, 0.25) is 11.5 Å². The van der Waals surface area contributed by atoms with Crippen molar-refractivity contribution in [2.24, 2.45) is 0 Å². The molecule has 2 aromatic rings. The molecule has 0 amide bonds. The zero-order valence-electron chi connectivity index (χ0n) is 8.73. The predicted molar refractivity (Wildman–Crippen MR) is 56.4 cm³/mol. The van der Waals surface area contributed by atoms with E-state index in [1.165, 1.54) is 36.8 Å². The average molecular weight is 270 g/mol. The third-order valence-corrected chi connectivity index (χ3v) is 2.31. The topological polar surface area (TPSA) is 96.0 Å². The van der Waals surface area contributed by atoms with Gasteiger partial charge < -0.3 is 17.2 Å². The van der Waals surface area contributed by atoms with Gasteiger partial charge in [-0.2, -0.15) is 4.21 Å². The molecular formula is C10H6O7S. The van der Waals surface area contributed by atoms with Gasteiger partial charge in [0.15, 0.2) is 0 Å². The lowest BCUT2D eigenvalue weighted by atomic mass is 10.5. The fraction of sp³-hybridized carbons (Fsp3) is 0. The Morgan fingerprint density at radius 3 is 1.72 bits per heavy atom. The van der Waals surface area contributed by atoms with Crippen LogP contribution in [-0.2, 0) is 19.7 Å². The Morgan fingerprint density at radius 2 is 1.39 bits per heavy atom. The number of rotatable bonds is 4. The molecule has 0 fully saturated rings. The maximum atomic E-state index is 11.3. The Kier molecular flexibility index (Phi) is 3.58. The largest absolute Gasteiger partial charge is 0.457 e. The van der Waals surface area contributed by atoms with Crippen LogP contribution in [0.15, 0.2) is 45.6 Å². The molecule has 0 aliphatic carbocycles. The fourth-order valence-corrected chi connectivity index (χ4v) is 1.46. The summed E-state index contributed by atoms with van der Waals surface area (Å²) < 4.78 is 29.2. The Hall–Kier alpha value is -2.35. The summed E-state index contributed by atoms with van der Waals surface area (Å²) in [4.78, 5) is 22.5. The Bertz CT molecular complexity index is 505. The second-order valence-electron chi connectivity index (χ2n) is 2.90. The van der Waals surface area contributed by atoms with Crippen LogP contribution in [0.2, 0.25) is 0 Å². The third-order valence-electron chi connectivity index (χ3n) is 1.73. The normalized spacial score (nSPS) is 10.3. The van der Waals surface area contributed by atoms with Gasteiger partial charge >= 0.3 is 23.3 Å². The van der Waals surface area contributed by atoms with E-state index >= 15 is 0 Å². The van der Waals surface area contributed by atoms with Crippen LogP contribution in [0, 0.1) is 0 Å². The Labute approximate surface area is 103 Å². The Morgan fingerprint density at radius 1 is 0.944 bits per heavy atom. The molecule has 2 rings (SSSR count). The summed E-state index contributed by atoms with van der Waals surface area (Å²) in [5.74, 6) is -2.33. The van der Waals surface area contributed by atoms with Gasteiger partial charge in [0.25, 0.3) is 0 Å². The first-order valence-electron chi connectivity index (χ1n) is 4.61. The second-order valence-corrected chi connectivity index (χ2v) is 3.64. The smallest absolute Gasteiger partial charge is 0.423 e. The molecule has 18 heavy (non-hydrogen) atoms. The zero-order chi connectivity index (χ0) is 13.0. The molecule has 8 heteroatoms. The highest BCUT2D eigenvalue weighted by atomic mass is 32.2. The van der Waals surface area contributed by atoms with E-state index in [0.717, 1.165) is 0 Å². The minimum absolute atomic E-state index is 0.155. The molecule has 0 aliphatic heterocycles. The average Bonchev–Trinajstić information content (AvgIpc) is 3.02. The van der Waals surface area contributed by atoms with E-state index in [1.807, 2.05) is 0 Å². The summed E-state index contributed by atoms with van der Waals surface area (Å²) in [5.41, 5.74) is 0. The van der Waals surface area contributed by atoms with E-state index in [0.29, 0.717) is 0 Å². The summed E-state index contributed by atoms with van der Waals surface area (Å²) in [7, 11) is 0. The van der Waals surface area contributed by atoms with Crippen molar-refractivity contribution >= 4 is 23.3 Å². The van der Waals surface area contributed by atoms with Crippen LogP contribution < -0.4 is 0 Å². The van der Waals surface area contributed by atoms with Gasteiger partial charge in [-0.1, -0.05) is 0 Å². The molecule has 0 aliphatic rings. The SMILES string of the molecule is O=C(OS(=O)OC(=O)c1ccco1)c1ccco1. The van der Waals surface area contributed by atoms with Gasteiger partial charge in [0.1, 0.15) is 0 Å². The number of hydrogen-bond acceptors (Lipinski definition) is 7. The van der Waals surface area contributed by atoms with E-state index in [4.69, 9.17) is 8.83 Å². The van der Waals surface area contributed by atoms with Crippen molar-refractivity contribution in [3.05, 3.63) is 48.3 Å². The van der Waals surface area contributed by atoms with Crippen molar-refractivity contribution in [2.45, 2.75) is 0 Å². The summed E-state index contributed by atoms with van der Waals surface area (Å²) in [5, 5.41) is 0. The van der Waals surface area contributed by atoms with Crippen LogP contribution in [0.25, 0.3) is 0 Å². The second kappa shape index (κ2) is 5.32. The molecule has 94 valence electrons. The van der Waals surface area contributed by atoms with Gasteiger partial charge in [0.05, 0.1) is 12.5 Å². The highest BCUT2D eigenvalue weighted by molar-refractivity contribution is 7.76. The van der Waals surface area contributed by atoms with Gasteiger partial charge in [0, 0.05) is 0 Å². The van der Waals surface area contributed by atoms with Crippen molar-refractivity contribution in [2.75, 3.05) is 0 Å². The molecule has 0 atom stereocenters. The summed E-state index contributed by atoms with van der Waals surface area (Å²) in [6.07, 6.45) is 2.49. The molecule has 0 radical (unpaired) electrons. The number of furan rings is 2. The summed E-state index contributed by atoms with van der Waals surface area (Å²) in [6.45, 7) is 0. The predicted octanol–water partition coefficient (Wildman–Crippen LogP) is 1.47. The van der Waals surface area contributed by atoms with Crippen LogP contribution in [0.5, 0.6) is 0 Å². The monoisotopic (exact) mass is 270 g/mol. The first kappa shape index (κ1) is 12.1. The van der Waals surface area contributed by atoms with Crippen molar-refractivity contribution in [1.82, 2.24) is 0 Å². The van der Waals surface area contributed by atoms with Crippen molar-refractivity contribution < 1.29 is 31.0 Å². The lowest BCUT2D eigenvalue weighted by molar-refractivity contribution is 0.0640. The molecule has 2 heterocycles. The maximum absolute atomic E-state index is 11.3. The first-order chi connectivity index (χ1) is 8.66. The molecule has 0 spiro atoms. The van der Waals surface area contributed by atoms with Gasteiger partial charge in [-0.3, -0.25) is 0 Å². The van der Waals surface area contributed by atoms with Gasteiger partial charge in [-0.15, -0.1) is 0 Å². The van der Waals surface area contributed by atoms with Crippen molar-refractivity contribution in [3.8, 4) is 0 Å². The molecule has 0 aromatic carbocycles. The molecule has 0 bridgehead atoms. The molecule has 0 saturated heterocycles. The number of hydrogen-bond donors (Lipinski definition) is 0. The standard InChI is InChI=1S/C10H6O7S/c11-9(7-3-1-5-14-7)16-18(13)17-10(12)8-4-2-6-15-8/h1-6H. The van der Waals surface area contributed by atoms with Crippen LogP contribution in [0.1, 0.15) is 21.1 Å². The zero-order valence-corrected chi connectivity index (χ0v) is 9.55. The van der Waals surface area contributed by atoms with Crippen LogP contribution in [0.3, 0.4) is 0 Å². The van der Waals surface area contributed by atoms with E-state index in [1.54, 1.807) is 0 Å². The van der Waals surface area contributed by atoms with Gasteiger partial charge in [-0.05, 0) is 24.3 Å². The fourth-order valence-electron chi connectivity index (χ4n) is 1.01.